The number of thiazole rings is 1. The smallest absolute Gasteiger partial charge is 0.348 e. The van der Waals surface area contributed by atoms with Crippen LogP contribution in [0.3, 0.4) is 0 Å². The SMILES string of the molecule is Cc1csc2nc(COC(=O)c3cc4cc([N+](=O)[O-])ccc4s3)cc(=O)n12. The fourth-order valence-electron chi connectivity index (χ4n) is 2.63. The van der Waals surface area contributed by atoms with E-state index in [1.807, 2.05) is 12.3 Å². The summed E-state index contributed by atoms with van der Waals surface area (Å²) in [6.45, 7) is 1.69. The van der Waals surface area contributed by atoms with Gasteiger partial charge in [0.2, 0.25) is 0 Å². The zero-order valence-electron chi connectivity index (χ0n) is 13.9. The van der Waals surface area contributed by atoms with Gasteiger partial charge in [0.15, 0.2) is 4.96 Å². The van der Waals surface area contributed by atoms with Gasteiger partial charge in [0, 0.05) is 39.4 Å². The Kier molecular flexibility index (Phi) is 4.21. The number of rotatable bonds is 4. The standard InChI is InChI=1S/C17H11N3O5S2/c1-9-8-26-17-18-11(6-15(21)19(9)17)7-25-16(22)14-5-10-4-12(20(23)24)2-3-13(10)27-14/h2-6,8H,7H2,1H3. The number of esters is 1. The predicted octanol–water partition coefficient (Wildman–Crippen LogP) is 3.54. The highest BCUT2D eigenvalue weighted by Gasteiger charge is 2.15. The summed E-state index contributed by atoms with van der Waals surface area (Å²) in [7, 11) is 0. The molecule has 10 heteroatoms. The van der Waals surface area contributed by atoms with Crippen molar-refractivity contribution in [3.63, 3.8) is 0 Å². The van der Waals surface area contributed by atoms with Crippen molar-refractivity contribution in [2.75, 3.05) is 0 Å². The molecule has 0 saturated heterocycles. The number of nitrogens with zero attached hydrogens (tertiary/aromatic N) is 3. The third-order valence-corrected chi connectivity index (χ3v) is 5.93. The van der Waals surface area contributed by atoms with Crippen molar-refractivity contribution in [1.82, 2.24) is 9.38 Å². The number of ether oxygens (including phenoxy) is 1. The van der Waals surface area contributed by atoms with Gasteiger partial charge in [-0.05, 0) is 19.1 Å². The van der Waals surface area contributed by atoms with Gasteiger partial charge in [-0.15, -0.1) is 22.7 Å². The molecule has 0 aliphatic carbocycles. The number of fused-ring (bicyclic) bond motifs is 2. The zero-order valence-corrected chi connectivity index (χ0v) is 15.5. The van der Waals surface area contributed by atoms with Crippen molar-refractivity contribution in [1.29, 1.82) is 0 Å². The maximum absolute atomic E-state index is 12.3. The lowest BCUT2D eigenvalue weighted by Gasteiger charge is -2.03. The molecule has 3 aromatic heterocycles. The Morgan fingerprint density at radius 1 is 1.33 bits per heavy atom. The number of aryl methyl sites for hydroxylation is 1. The highest BCUT2D eigenvalue weighted by molar-refractivity contribution is 7.20. The van der Waals surface area contributed by atoms with Crippen molar-refractivity contribution >= 4 is 49.4 Å². The van der Waals surface area contributed by atoms with Gasteiger partial charge in [-0.3, -0.25) is 19.3 Å². The highest BCUT2D eigenvalue weighted by Crippen LogP contribution is 2.29. The number of non-ortho nitro benzene ring substituents is 1. The molecule has 0 N–H and O–H groups in total. The second-order valence-electron chi connectivity index (χ2n) is 5.75. The van der Waals surface area contributed by atoms with E-state index in [0.717, 1.165) is 10.4 Å². The number of benzene rings is 1. The van der Waals surface area contributed by atoms with Crippen LogP contribution in [0, 0.1) is 17.0 Å². The van der Waals surface area contributed by atoms with Crippen molar-refractivity contribution in [2.45, 2.75) is 13.5 Å². The summed E-state index contributed by atoms with van der Waals surface area (Å²) in [4.78, 5) is 40.0. The van der Waals surface area contributed by atoms with E-state index in [1.54, 1.807) is 12.1 Å². The van der Waals surface area contributed by atoms with Crippen LogP contribution in [0.2, 0.25) is 0 Å². The molecular formula is C17H11N3O5S2. The van der Waals surface area contributed by atoms with Crippen LogP contribution >= 0.6 is 22.7 Å². The normalized spacial score (nSPS) is 11.1. The number of thiophene rings is 1. The van der Waals surface area contributed by atoms with Crippen LogP contribution in [0.4, 0.5) is 5.69 Å². The van der Waals surface area contributed by atoms with Crippen LogP contribution in [0.5, 0.6) is 0 Å². The van der Waals surface area contributed by atoms with E-state index in [2.05, 4.69) is 4.98 Å². The third kappa shape index (κ3) is 3.20. The van der Waals surface area contributed by atoms with Crippen LogP contribution in [0.15, 0.2) is 40.5 Å². The number of nitro benzene ring substituents is 1. The Balaban J connectivity index is 1.55. The van der Waals surface area contributed by atoms with Crippen LogP contribution in [0.1, 0.15) is 21.1 Å². The Labute approximate surface area is 159 Å². The lowest BCUT2D eigenvalue weighted by Crippen LogP contribution is -2.16. The molecule has 0 atom stereocenters. The number of nitro groups is 1. The Morgan fingerprint density at radius 2 is 2.15 bits per heavy atom. The zero-order chi connectivity index (χ0) is 19.1. The van der Waals surface area contributed by atoms with Crippen LogP contribution in [-0.2, 0) is 11.3 Å². The first kappa shape index (κ1) is 17.3. The molecule has 0 fully saturated rings. The van der Waals surface area contributed by atoms with Gasteiger partial charge >= 0.3 is 5.97 Å². The number of aromatic nitrogens is 2. The molecule has 3 heterocycles. The molecule has 0 radical (unpaired) electrons. The number of carbonyl (C=O) groups is 1. The van der Waals surface area contributed by atoms with E-state index in [4.69, 9.17) is 4.74 Å². The molecular weight excluding hydrogens is 390 g/mol. The van der Waals surface area contributed by atoms with Crippen molar-refractivity contribution in [2.24, 2.45) is 0 Å². The lowest BCUT2D eigenvalue weighted by atomic mass is 10.2. The molecule has 4 rings (SSSR count). The fourth-order valence-corrected chi connectivity index (χ4v) is 4.46. The summed E-state index contributed by atoms with van der Waals surface area (Å²) in [5, 5.41) is 13.3. The minimum atomic E-state index is -0.566. The molecule has 1 aromatic carbocycles. The van der Waals surface area contributed by atoms with Crippen LogP contribution in [0.25, 0.3) is 15.0 Å². The summed E-state index contributed by atoms with van der Waals surface area (Å²) < 4.78 is 7.51. The summed E-state index contributed by atoms with van der Waals surface area (Å²) >= 11 is 2.53. The van der Waals surface area contributed by atoms with E-state index < -0.39 is 10.9 Å². The second kappa shape index (κ2) is 6.56. The molecule has 0 aliphatic rings. The maximum Gasteiger partial charge on any atom is 0.348 e. The van der Waals surface area contributed by atoms with Crippen LogP contribution < -0.4 is 5.56 Å². The summed E-state index contributed by atoms with van der Waals surface area (Å²) in [6.07, 6.45) is 0. The first-order valence-corrected chi connectivity index (χ1v) is 9.44. The van der Waals surface area contributed by atoms with E-state index in [1.165, 1.54) is 45.3 Å². The van der Waals surface area contributed by atoms with Gasteiger partial charge in [0.1, 0.15) is 11.5 Å². The molecule has 0 spiro atoms. The van der Waals surface area contributed by atoms with Crippen molar-refractivity contribution in [3.05, 3.63) is 72.4 Å². The van der Waals surface area contributed by atoms with Gasteiger partial charge in [0.05, 0.1) is 10.6 Å². The molecule has 136 valence electrons. The Hall–Kier alpha value is -3.11. The van der Waals surface area contributed by atoms with Crippen LogP contribution in [-0.4, -0.2) is 20.3 Å². The second-order valence-corrected chi connectivity index (χ2v) is 7.67. The minimum absolute atomic E-state index is 0.0376. The predicted molar refractivity (Wildman–Crippen MR) is 102 cm³/mol. The molecule has 0 aliphatic heterocycles. The van der Waals surface area contributed by atoms with Gasteiger partial charge in [0.25, 0.3) is 11.2 Å². The van der Waals surface area contributed by atoms with E-state index in [-0.39, 0.29) is 17.9 Å². The molecule has 0 bridgehead atoms. The number of hydrogen-bond donors (Lipinski definition) is 0. The quantitative estimate of drug-likeness (QED) is 0.294. The van der Waals surface area contributed by atoms with Crippen molar-refractivity contribution in [3.8, 4) is 0 Å². The lowest BCUT2D eigenvalue weighted by molar-refractivity contribution is -0.384. The fraction of sp³-hybridized carbons (Fsp3) is 0.118. The van der Waals surface area contributed by atoms with E-state index >= 15 is 0 Å². The summed E-state index contributed by atoms with van der Waals surface area (Å²) in [5.74, 6) is -0.566. The average molecular weight is 401 g/mol. The first-order valence-electron chi connectivity index (χ1n) is 7.74. The molecule has 27 heavy (non-hydrogen) atoms. The maximum atomic E-state index is 12.3. The van der Waals surface area contributed by atoms with Crippen molar-refractivity contribution < 1.29 is 14.5 Å². The monoisotopic (exact) mass is 401 g/mol. The van der Waals surface area contributed by atoms with E-state index in [0.29, 0.717) is 20.9 Å². The minimum Gasteiger partial charge on any atom is -0.455 e. The first-order chi connectivity index (χ1) is 12.9. The van der Waals surface area contributed by atoms with E-state index in [9.17, 15) is 19.7 Å². The largest absolute Gasteiger partial charge is 0.455 e. The van der Waals surface area contributed by atoms with Gasteiger partial charge < -0.3 is 4.74 Å². The molecule has 0 amide bonds. The Morgan fingerprint density at radius 3 is 2.93 bits per heavy atom. The molecule has 8 nitrogen and oxygen atoms in total. The molecule has 0 unspecified atom stereocenters. The molecule has 4 aromatic rings. The van der Waals surface area contributed by atoms with Gasteiger partial charge in [-0.25, -0.2) is 9.78 Å². The topological polar surface area (TPSA) is 104 Å². The summed E-state index contributed by atoms with van der Waals surface area (Å²) in [6, 6.07) is 7.31. The summed E-state index contributed by atoms with van der Waals surface area (Å²) in [5.41, 5.74) is 0.908. The van der Waals surface area contributed by atoms with Gasteiger partial charge in [-0.2, -0.15) is 0 Å². The Bertz CT molecular complexity index is 1270. The van der Waals surface area contributed by atoms with Gasteiger partial charge in [-0.1, -0.05) is 0 Å². The number of hydrogen-bond acceptors (Lipinski definition) is 8. The highest BCUT2D eigenvalue weighted by atomic mass is 32.1. The average Bonchev–Trinajstić information content (AvgIpc) is 3.22. The number of carbonyl (C=O) groups excluding carboxylic acids is 1. The molecule has 0 saturated carbocycles. The third-order valence-electron chi connectivity index (χ3n) is 3.89.